The van der Waals surface area contributed by atoms with Gasteiger partial charge < -0.3 is 10.4 Å². The summed E-state index contributed by atoms with van der Waals surface area (Å²) in [5.41, 5.74) is 0.210. The molecule has 0 spiro atoms. The van der Waals surface area contributed by atoms with E-state index in [0.717, 1.165) is 6.42 Å². The highest BCUT2D eigenvalue weighted by molar-refractivity contribution is 7.89. The van der Waals surface area contributed by atoms with Crippen LogP contribution in [0.2, 0.25) is 0 Å². The number of aliphatic hydroxyl groups excluding tert-OH is 1. The molecule has 1 aromatic rings. The first-order valence-corrected chi connectivity index (χ1v) is 8.73. The molecule has 1 aromatic carbocycles. The number of nitrogens with one attached hydrogen (secondary N) is 2. The molecule has 0 fully saturated rings. The van der Waals surface area contributed by atoms with E-state index in [-0.39, 0.29) is 23.1 Å². The quantitative estimate of drug-likeness (QED) is 0.688. The molecule has 1 unspecified atom stereocenters. The summed E-state index contributed by atoms with van der Waals surface area (Å²) in [7, 11) is -3.56. The van der Waals surface area contributed by atoms with Gasteiger partial charge in [-0.1, -0.05) is 19.1 Å². The lowest BCUT2D eigenvalue weighted by Crippen LogP contribution is -2.36. The lowest BCUT2D eigenvalue weighted by atomic mass is 9.94. The van der Waals surface area contributed by atoms with E-state index in [4.69, 9.17) is 0 Å². The second-order valence-electron chi connectivity index (χ2n) is 5.78. The second kappa shape index (κ2) is 7.24. The molecule has 0 saturated heterocycles. The van der Waals surface area contributed by atoms with Crippen LogP contribution in [0.15, 0.2) is 29.2 Å². The fraction of sp³-hybridized carbons (Fsp3) is 0.600. The third-order valence-electron chi connectivity index (χ3n) is 3.45. The molecule has 0 bridgehead atoms. The summed E-state index contributed by atoms with van der Waals surface area (Å²) in [5, 5.41) is 12.5. The van der Waals surface area contributed by atoms with Crippen LogP contribution in [0.3, 0.4) is 0 Å². The Kier molecular flexibility index (Phi) is 6.19. The SMILES string of the molecule is CCC(C)(CCO)Nc1ccccc1S(=O)(=O)NC(C)C. The zero-order valence-electron chi connectivity index (χ0n) is 13.2. The highest BCUT2D eigenvalue weighted by Crippen LogP contribution is 2.27. The van der Waals surface area contributed by atoms with Crippen molar-refractivity contribution in [3.8, 4) is 0 Å². The van der Waals surface area contributed by atoms with Crippen molar-refractivity contribution in [2.45, 2.75) is 57.0 Å². The van der Waals surface area contributed by atoms with Crippen molar-refractivity contribution in [3.63, 3.8) is 0 Å². The van der Waals surface area contributed by atoms with E-state index in [2.05, 4.69) is 10.0 Å². The Balaban J connectivity index is 3.16. The van der Waals surface area contributed by atoms with Gasteiger partial charge >= 0.3 is 0 Å². The maximum atomic E-state index is 12.4. The molecule has 120 valence electrons. The van der Waals surface area contributed by atoms with Gasteiger partial charge in [0.1, 0.15) is 4.90 Å². The number of aliphatic hydroxyl groups is 1. The molecular formula is C15H26N2O3S. The second-order valence-corrected chi connectivity index (χ2v) is 7.47. The first kappa shape index (κ1) is 17.9. The Morgan fingerprint density at radius 3 is 2.43 bits per heavy atom. The van der Waals surface area contributed by atoms with E-state index in [1.54, 1.807) is 38.1 Å². The highest BCUT2D eigenvalue weighted by Gasteiger charge is 2.25. The van der Waals surface area contributed by atoms with Crippen molar-refractivity contribution >= 4 is 15.7 Å². The summed E-state index contributed by atoms with van der Waals surface area (Å²) in [5.74, 6) is 0. The van der Waals surface area contributed by atoms with E-state index in [1.807, 2.05) is 13.8 Å². The fourth-order valence-electron chi connectivity index (χ4n) is 2.08. The zero-order valence-corrected chi connectivity index (χ0v) is 14.0. The van der Waals surface area contributed by atoms with E-state index >= 15 is 0 Å². The van der Waals surface area contributed by atoms with Gasteiger partial charge in [0.05, 0.1) is 5.69 Å². The molecule has 21 heavy (non-hydrogen) atoms. The van der Waals surface area contributed by atoms with Crippen molar-refractivity contribution in [1.82, 2.24) is 4.72 Å². The molecule has 1 rings (SSSR count). The summed E-state index contributed by atoms with van der Waals surface area (Å²) in [6.07, 6.45) is 1.33. The Bertz CT molecular complexity index is 558. The predicted octanol–water partition coefficient (Wildman–Crippen LogP) is 2.34. The Hall–Kier alpha value is -1.11. The Morgan fingerprint density at radius 1 is 1.29 bits per heavy atom. The lowest BCUT2D eigenvalue weighted by molar-refractivity contribution is 0.252. The van der Waals surface area contributed by atoms with Crippen molar-refractivity contribution in [3.05, 3.63) is 24.3 Å². The van der Waals surface area contributed by atoms with Gasteiger partial charge in [0.25, 0.3) is 0 Å². The van der Waals surface area contributed by atoms with E-state index < -0.39 is 10.0 Å². The minimum Gasteiger partial charge on any atom is -0.396 e. The summed E-state index contributed by atoms with van der Waals surface area (Å²) in [6.45, 7) is 7.61. The maximum Gasteiger partial charge on any atom is 0.242 e. The van der Waals surface area contributed by atoms with E-state index in [9.17, 15) is 13.5 Å². The van der Waals surface area contributed by atoms with Crippen LogP contribution in [-0.4, -0.2) is 31.7 Å². The molecule has 0 aliphatic heterocycles. The highest BCUT2D eigenvalue weighted by atomic mass is 32.2. The number of hydrogen-bond donors (Lipinski definition) is 3. The molecular weight excluding hydrogens is 288 g/mol. The van der Waals surface area contributed by atoms with Gasteiger partial charge in [-0.05, 0) is 45.7 Å². The molecule has 0 aliphatic carbocycles. The van der Waals surface area contributed by atoms with Gasteiger partial charge in [0.15, 0.2) is 0 Å². The summed E-state index contributed by atoms with van der Waals surface area (Å²) < 4.78 is 27.4. The van der Waals surface area contributed by atoms with Gasteiger partial charge in [-0.15, -0.1) is 0 Å². The van der Waals surface area contributed by atoms with Crippen LogP contribution in [0.4, 0.5) is 5.69 Å². The number of para-hydroxylation sites is 1. The molecule has 0 aromatic heterocycles. The van der Waals surface area contributed by atoms with Crippen LogP contribution >= 0.6 is 0 Å². The van der Waals surface area contributed by atoms with Crippen LogP contribution in [0.5, 0.6) is 0 Å². The molecule has 0 saturated carbocycles. The summed E-state index contributed by atoms with van der Waals surface area (Å²) in [6, 6.07) is 6.67. The molecule has 6 heteroatoms. The molecule has 0 radical (unpaired) electrons. The minimum absolute atomic E-state index is 0.0521. The lowest BCUT2D eigenvalue weighted by Gasteiger charge is -2.31. The number of benzene rings is 1. The third kappa shape index (κ3) is 4.98. The summed E-state index contributed by atoms with van der Waals surface area (Å²) >= 11 is 0. The van der Waals surface area contributed by atoms with Gasteiger partial charge in [-0.25, -0.2) is 13.1 Å². The predicted molar refractivity (Wildman–Crippen MR) is 85.9 cm³/mol. The summed E-state index contributed by atoms with van der Waals surface area (Å²) in [4.78, 5) is 0.233. The standard InChI is InChI=1S/C15H26N2O3S/c1-5-15(4,10-11-18)16-13-8-6-7-9-14(13)21(19,20)17-12(2)3/h6-9,12,16-18H,5,10-11H2,1-4H3. The van der Waals surface area contributed by atoms with Crippen LogP contribution in [0, 0.1) is 0 Å². The first-order chi connectivity index (χ1) is 9.74. The number of rotatable bonds is 8. The fourth-order valence-corrected chi connectivity index (χ4v) is 3.49. The average molecular weight is 314 g/mol. The van der Waals surface area contributed by atoms with Crippen LogP contribution in [-0.2, 0) is 10.0 Å². The normalized spacial score (nSPS) is 15.0. The molecule has 1 atom stereocenters. The molecule has 5 nitrogen and oxygen atoms in total. The van der Waals surface area contributed by atoms with Crippen LogP contribution in [0.1, 0.15) is 40.5 Å². The Labute approximate surface area is 127 Å². The van der Waals surface area contributed by atoms with Gasteiger partial charge in [0, 0.05) is 18.2 Å². The van der Waals surface area contributed by atoms with Gasteiger partial charge in [0.2, 0.25) is 10.0 Å². The zero-order chi connectivity index (χ0) is 16.1. The molecule has 0 amide bonds. The largest absolute Gasteiger partial charge is 0.396 e. The van der Waals surface area contributed by atoms with E-state index in [0.29, 0.717) is 12.1 Å². The molecule has 3 N–H and O–H groups in total. The number of sulfonamides is 1. The maximum absolute atomic E-state index is 12.4. The minimum atomic E-state index is -3.56. The van der Waals surface area contributed by atoms with Crippen LogP contribution < -0.4 is 10.0 Å². The first-order valence-electron chi connectivity index (χ1n) is 7.24. The smallest absolute Gasteiger partial charge is 0.242 e. The monoisotopic (exact) mass is 314 g/mol. The number of anilines is 1. The molecule has 0 aliphatic rings. The Morgan fingerprint density at radius 2 is 1.90 bits per heavy atom. The average Bonchev–Trinajstić information content (AvgIpc) is 2.38. The number of hydrogen-bond acceptors (Lipinski definition) is 4. The van der Waals surface area contributed by atoms with Crippen molar-refractivity contribution < 1.29 is 13.5 Å². The molecule has 0 heterocycles. The van der Waals surface area contributed by atoms with Crippen LogP contribution in [0.25, 0.3) is 0 Å². The topological polar surface area (TPSA) is 78.4 Å². The van der Waals surface area contributed by atoms with Crippen molar-refractivity contribution in [1.29, 1.82) is 0 Å². The van der Waals surface area contributed by atoms with Crippen molar-refractivity contribution in [2.24, 2.45) is 0 Å². The van der Waals surface area contributed by atoms with Crippen molar-refractivity contribution in [2.75, 3.05) is 11.9 Å². The van der Waals surface area contributed by atoms with E-state index in [1.165, 1.54) is 0 Å². The van der Waals surface area contributed by atoms with Gasteiger partial charge in [-0.3, -0.25) is 0 Å². The third-order valence-corrected chi connectivity index (χ3v) is 5.16. The van der Waals surface area contributed by atoms with Gasteiger partial charge in [-0.2, -0.15) is 0 Å².